The van der Waals surface area contributed by atoms with Crippen molar-refractivity contribution >= 4 is 33.4 Å². The van der Waals surface area contributed by atoms with Gasteiger partial charge in [0.05, 0.1) is 5.38 Å². The van der Waals surface area contributed by atoms with Gasteiger partial charge in [-0.1, -0.05) is 5.20 Å². The van der Waals surface area contributed by atoms with Crippen LogP contribution >= 0.6 is 23.2 Å². The van der Waals surface area contributed by atoms with Crippen LogP contribution in [0.25, 0.3) is 0 Å². The van der Waals surface area contributed by atoms with E-state index in [-0.39, 0.29) is 5.38 Å². The molecule has 1 atom stereocenters. The second-order valence-electron chi connectivity index (χ2n) is 1.91. The summed E-state index contributed by atoms with van der Waals surface area (Å²) in [6.07, 6.45) is 0.886. The molecular formula is C5H10Cl2Si. The van der Waals surface area contributed by atoms with Crippen LogP contribution in [0.15, 0.2) is 11.8 Å². The van der Waals surface area contributed by atoms with Gasteiger partial charge in [-0.05, 0) is 6.42 Å². The van der Waals surface area contributed by atoms with Crippen molar-refractivity contribution in [2.24, 2.45) is 0 Å². The first-order valence-corrected chi connectivity index (χ1v) is 4.48. The summed E-state index contributed by atoms with van der Waals surface area (Å²) < 4.78 is 0. The maximum atomic E-state index is 5.69. The first-order valence-electron chi connectivity index (χ1n) is 2.51. The molecule has 0 aromatic carbocycles. The van der Waals surface area contributed by atoms with E-state index in [1.54, 1.807) is 0 Å². The van der Waals surface area contributed by atoms with Gasteiger partial charge in [-0.15, -0.1) is 29.8 Å². The maximum Gasteiger partial charge on any atom is 0.0504 e. The molecular weight excluding hydrogens is 159 g/mol. The minimum Gasteiger partial charge on any atom is -0.125 e. The van der Waals surface area contributed by atoms with E-state index >= 15 is 0 Å². The van der Waals surface area contributed by atoms with Gasteiger partial charge in [0, 0.05) is 16.1 Å². The van der Waals surface area contributed by atoms with Gasteiger partial charge >= 0.3 is 0 Å². The van der Waals surface area contributed by atoms with Crippen molar-refractivity contribution in [1.29, 1.82) is 0 Å². The Morgan fingerprint density at radius 1 is 1.75 bits per heavy atom. The number of hydrogen-bond donors (Lipinski definition) is 0. The monoisotopic (exact) mass is 168 g/mol. The summed E-state index contributed by atoms with van der Waals surface area (Å²) in [6, 6.07) is 0. The van der Waals surface area contributed by atoms with E-state index in [0.29, 0.717) is 5.88 Å². The van der Waals surface area contributed by atoms with Crippen molar-refractivity contribution in [1.82, 2.24) is 0 Å². The Morgan fingerprint density at radius 2 is 2.25 bits per heavy atom. The largest absolute Gasteiger partial charge is 0.125 e. The third-order valence-corrected chi connectivity index (χ3v) is 1.98. The highest BCUT2D eigenvalue weighted by molar-refractivity contribution is 6.29. The maximum absolute atomic E-state index is 5.69. The lowest BCUT2D eigenvalue weighted by Gasteiger charge is -2.01. The number of halogens is 2. The molecule has 0 nitrogen and oxygen atoms in total. The third kappa shape index (κ3) is 4.69. The standard InChI is InChI=1S/C5H10Cl2Si/c1-4(8)2-5(7)3-6/h5H,1-3H2,8H3. The summed E-state index contributed by atoms with van der Waals surface area (Å²) in [6.45, 7) is 3.76. The Hall–Kier alpha value is 0.537. The van der Waals surface area contributed by atoms with E-state index in [9.17, 15) is 0 Å². The lowest BCUT2D eigenvalue weighted by molar-refractivity contribution is 0.965. The van der Waals surface area contributed by atoms with Gasteiger partial charge in [0.15, 0.2) is 0 Å². The average molecular weight is 169 g/mol. The molecule has 0 N–H and O–H groups in total. The zero-order chi connectivity index (χ0) is 6.57. The molecule has 0 aliphatic heterocycles. The van der Waals surface area contributed by atoms with Gasteiger partial charge in [0.25, 0.3) is 0 Å². The molecule has 0 spiro atoms. The number of allylic oxidation sites excluding steroid dienone is 1. The normalized spacial score (nSPS) is 13.8. The van der Waals surface area contributed by atoms with Gasteiger partial charge in [-0.3, -0.25) is 0 Å². The Balaban J connectivity index is 3.24. The van der Waals surface area contributed by atoms with E-state index in [1.807, 2.05) is 0 Å². The Labute approximate surface area is 63.3 Å². The lowest BCUT2D eigenvalue weighted by Crippen LogP contribution is -2.00. The average Bonchev–Trinajstić information content (AvgIpc) is 1.65. The first kappa shape index (κ1) is 8.54. The Morgan fingerprint density at radius 3 is 2.38 bits per heavy atom. The fraction of sp³-hybridized carbons (Fsp3) is 0.600. The van der Waals surface area contributed by atoms with Crippen molar-refractivity contribution < 1.29 is 0 Å². The molecule has 0 aliphatic rings. The zero-order valence-corrected chi connectivity index (χ0v) is 8.47. The topological polar surface area (TPSA) is 0 Å². The fourth-order valence-corrected chi connectivity index (χ4v) is 1.56. The molecule has 48 valence electrons. The van der Waals surface area contributed by atoms with E-state index in [1.165, 1.54) is 5.20 Å². The van der Waals surface area contributed by atoms with Crippen LogP contribution in [-0.2, 0) is 0 Å². The molecule has 0 heterocycles. The van der Waals surface area contributed by atoms with Crippen molar-refractivity contribution in [3.8, 4) is 0 Å². The molecule has 3 heteroatoms. The molecule has 0 aromatic rings. The Kier molecular flexibility index (Phi) is 4.72. The summed E-state index contributed by atoms with van der Waals surface area (Å²) in [5, 5.41) is 1.33. The quantitative estimate of drug-likeness (QED) is 0.438. The highest BCUT2D eigenvalue weighted by Gasteiger charge is 1.99. The summed E-state index contributed by atoms with van der Waals surface area (Å²) in [5.74, 6) is 0.531. The predicted octanol–water partition coefficient (Wildman–Crippen LogP) is 1.10. The van der Waals surface area contributed by atoms with Crippen molar-refractivity contribution in [2.45, 2.75) is 11.8 Å². The van der Waals surface area contributed by atoms with Crippen molar-refractivity contribution in [2.75, 3.05) is 5.88 Å². The summed E-state index contributed by atoms with van der Waals surface area (Å²) in [5.41, 5.74) is 0. The SMILES string of the molecule is C=C([SiH3])CC(Cl)CCl. The molecule has 0 fully saturated rings. The van der Waals surface area contributed by atoms with E-state index < -0.39 is 0 Å². The predicted molar refractivity (Wildman–Crippen MR) is 44.1 cm³/mol. The zero-order valence-electron chi connectivity index (χ0n) is 4.95. The van der Waals surface area contributed by atoms with E-state index in [2.05, 4.69) is 6.58 Å². The molecule has 0 rings (SSSR count). The van der Waals surface area contributed by atoms with E-state index in [4.69, 9.17) is 23.2 Å². The first-order chi connectivity index (χ1) is 3.66. The molecule has 0 saturated heterocycles. The molecule has 1 unspecified atom stereocenters. The molecule has 0 saturated carbocycles. The summed E-state index contributed by atoms with van der Waals surface area (Å²) in [7, 11) is 1.03. The minimum atomic E-state index is 0.0988. The van der Waals surface area contributed by atoms with Crippen LogP contribution in [0.5, 0.6) is 0 Å². The minimum absolute atomic E-state index is 0.0988. The van der Waals surface area contributed by atoms with Crippen LogP contribution in [0.1, 0.15) is 6.42 Å². The molecule has 0 aromatic heterocycles. The van der Waals surface area contributed by atoms with Crippen LogP contribution in [0.4, 0.5) is 0 Å². The van der Waals surface area contributed by atoms with Crippen molar-refractivity contribution in [3.05, 3.63) is 11.8 Å². The second-order valence-corrected chi connectivity index (χ2v) is 4.25. The van der Waals surface area contributed by atoms with Gasteiger partial charge in [0.2, 0.25) is 0 Å². The molecule has 8 heavy (non-hydrogen) atoms. The van der Waals surface area contributed by atoms with Crippen LogP contribution in [0, 0.1) is 0 Å². The number of rotatable bonds is 3. The number of hydrogen-bond acceptors (Lipinski definition) is 0. The van der Waals surface area contributed by atoms with Gasteiger partial charge < -0.3 is 0 Å². The lowest BCUT2D eigenvalue weighted by atomic mass is 10.3. The van der Waals surface area contributed by atoms with Crippen LogP contribution in [0.2, 0.25) is 0 Å². The van der Waals surface area contributed by atoms with Crippen LogP contribution in [0.3, 0.4) is 0 Å². The number of alkyl halides is 2. The molecule has 0 amide bonds. The molecule has 0 radical (unpaired) electrons. The summed E-state index contributed by atoms with van der Waals surface area (Å²) >= 11 is 11.1. The second kappa shape index (κ2) is 4.42. The van der Waals surface area contributed by atoms with Gasteiger partial charge in [-0.25, -0.2) is 0 Å². The highest BCUT2D eigenvalue weighted by Crippen LogP contribution is 2.07. The fourth-order valence-electron chi connectivity index (χ4n) is 0.433. The Bertz CT molecular complexity index is 82.5. The van der Waals surface area contributed by atoms with Gasteiger partial charge in [-0.2, -0.15) is 0 Å². The smallest absolute Gasteiger partial charge is 0.0504 e. The van der Waals surface area contributed by atoms with Crippen LogP contribution in [-0.4, -0.2) is 21.5 Å². The van der Waals surface area contributed by atoms with Crippen LogP contribution < -0.4 is 0 Å². The third-order valence-electron chi connectivity index (χ3n) is 0.737. The molecule has 0 bridgehead atoms. The summed E-state index contributed by atoms with van der Waals surface area (Å²) in [4.78, 5) is 0. The molecule has 0 aliphatic carbocycles. The highest BCUT2D eigenvalue weighted by atomic mass is 35.5. The van der Waals surface area contributed by atoms with Crippen molar-refractivity contribution in [3.63, 3.8) is 0 Å². The van der Waals surface area contributed by atoms with Gasteiger partial charge in [0.1, 0.15) is 0 Å². The van der Waals surface area contributed by atoms with E-state index in [0.717, 1.165) is 16.7 Å².